The van der Waals surface area contributed by atoms with E-state index < -0.39 is 24.1 Å². The van der Waals surface area contributed by atoms with Gasteiger partial charge in [0, 0.05) is 31.2 Å². The van der Waals surface area contributed by atoms with Crippen LogP contribution < -0.4 is 16.0 Å². The zero-order valence-electron chi connectivity index (χ0n) is 26.2. The quantitative estimate of drug-likeness (QED) is 0.196. The van der Waals surface area contributed by atoms with E-state index in [1.807, 2.05) is 86.6 Å². The van der Waals surface area contributed by atoms with Gasteiger partial charge in [0.1, 0.15) is 6.61 Å². The highest BCUT2D eigenvalue weighted by Crippen LogP contribution is 2.23. The minimum absolute atomic E-state index is 0.0573. The molecule has 0 spiro atoms. The monoisotopic (exact) mass is 615 g/mol. The average Bonchev–Trinajstić information content (AvgIpc) is 3.04. The number of carbonyl (C=O) groups is 4. The largest absolute Gasteiger partial charge is 0.445 e. The molecule has 4 atom stereocenters. The van der Waals surface area contributed by atoms with Gasteiger partial charge in [-0.15, -0.1) is 0 Å². The Labute approximate surface area is 265 Å². The number of ether oxygens (including phenoxy) is 1. The van der Waals surface area contributed by atoms with Crippen molar-refractivity contribution in [2.24, 2.45) is 17.8 Å². The van der Waals surface area contributed by atoms with Crippen molar-refractivity contribution in [3.05, 3.63) is 83.9 Å². The molecule has 9 heteroatoms. The van der Waals surface area contributed by atoms with Crippen LogP contribution in [-0.4, -0.2) is 54.0 Å². The molecule has 0 aliphatic carbocycles. The second kappa shape index (κ2) is 16.7. The van der Waals surface area contributed by atoms with Crippen LogP contribution in [0.3, 0.4) is 0 Å². The standard InChI is InChI=1S/C36H45N3O6/c1-24(2)18-29(35(43)38-30(22-40)19-28-15-9-17-37-34(28)42)21-33(41)32(39-36(44)45-23-25-10-4-3-5-11-25)20-27-14-8-13-26-12-6-7-16-31(26)27/h3-8,10-14,16,24,28-30,32,40H,9,15,17-23H2,1-2H3,(H,37,42)(H,38,43)(H,39,44)/t28-,29+,30-,32?/m0/s1. The Morgan fingerprint density at radius 3 is 2.44 bits per heavy atom. The number of aliphatic hydroxyl groups is 1. The zero-order valence-corrected chi connectivity index (χ0v) is 26.2. The van der Waals surface area contributed by atoms with Crippen LogP contribution in [0.2, 0.25) is 0 Å². The molecule has 0 aromatic heterocycles. The van der Waals surface area contributed by atoms with Crippen molar-refractivity contribution < 1.29 is 29.0 Å². The topological polar surface area (TPSA) is 134 Å². The summed E-state index contributed by atoms with van der Waals surface area (Å²) in [5.74, 6) is -1.54. The first-order chi connectivity index (χ1) is 21.7. The SMILES string of the molecule is CC(C)C[C@H](CC(=O)C(Cc1cccc2ccccc12)NC(=O)OCc1ccccc1)C(=O)N[C@H](CO)C[C@@H]1CCCNC1=O. The third-order valence-corrected chi connectivity index (χ3v) is 8.31. The third-order valence-electron chi connectivity index (χ3n) is 8.31. The summed E-state index contributed by atoms with van der Waals surface area (Å²) >= 11 is 0. The predicted octanol–water partition coefficient (Wildman–Crippen LogP) is 4.69. The minimum atomic E-state index is -0.930. The van der Waals surface area contributed by atoms with E-state index in [9.17, 15) is 24.3 Å². The summed E-state index contributed by atoms with van der Waals surface area (Å²) < 4.78 is 5.46. The van der Waals surface area contributed by atoms with Gasteiger partial charge in [-0.2, -0.15) is 0 Å². The maximum atomic E-state index is 14.0. The molecule has 0 saturated carbocycles. The number of piperidine rings is 1. The molecule has 9 nitrogen and oxygen atoms in total. The van der Waals surface area contributed by atoms with Crippen LogP contribution >= 0.6 is 0 Å². The van der Waals surface area contributed by atoms with Crippen molar-refractivity contribution in [3.63, 3.8) is 0 Å². The highest BCUT2D eigenvalue weighted by atomic mass is 16.5. The molecule has 1 saturated heterocycles. The summed E-state index contributed by atoms with van der Waals surface area (Å²) in [5, 5.41) is 20.6. The van der Waals surface area contributed by atoms with Gasteiger partial charge < -0.3 is 25.8 Å². The number of alkyl carbamates (subject to hydrolysis) is 1. The Hall–Kier alpha value is -4.24. The van der Waals surface area contributed by atoms with Crippen LogP contribution in [0.15, 0.2) is 72.8 Å². The summed E-state index contributed by atoms with van der Waals surface area (Å²) in [6.45, 7) is 4.34. The van der Waals surface area contributed by atoms with E-state index >= 15 is 0 Å². The van der Waals surface area contributed by atoms with E-state index in [1.165, 1.54) is 0 Å². The lowest BCUT2D eigenvalue weighted by Crippen LogP contribution is -2.47. The van der Waals surface area contributed by atoms with Crippen LogP contribution in [0, 0.1) is 17.8 Å². The van der Waals surface area contributed by atoms with E-state index in [1.54, 1.807) is 0 Å². The molecule has 0 bridgehead atoms. The molecule has 240 valence electrons. The Balaban J connectivity index is 1.50. The molecular formula is C36H45N3O6. The van der Waals surface area contributed by atoms with Crippen LogP contribution in [0.4, 0.5) is 4.79 Å². The number of hydrogen-bond donors (Lipinski definition) is 4. The Bertz CT molecular complexity index is 1440. The lowest BCUT2D eigenvalue weighted by Gasteiger charge is -2.28. The maximum absolute atomic E-state index is 14.0. The van der Waals surface area contributed by atoms with Crippen LogP contribution in [-0.2, 0) is 32.1 Å². The van der Waals surface area contributed by atoms with Crippen molar-refractivity contribution in [2.75, 3.05) is 13.2 Å². The Morgan fingerprint density at radius 1 is 0.978 bits per heavy atom. The molecular weight excluding hydrogens is 570 g/mol. The Morgan fingerprint density at radius 2 is 1.71 bits per heavy atom. The van der Waals surface area contributed by atoms with Crippen LogP contribution in [0.5, 0.6) is 0 Å². The molecule has 1 fully saturated rings. The average molecular weight is 616 g/mol. The number of hydrogen-bond acceptors (Lipinski definition) is 6. The van der Waals surface area contributed by atoms with Crippen molar-refractivity contribution in [1.29, 1.82) is 0 Å². The number of nitrogens with one attached hydrogen (secondary N) is 3. The van der Waals surface area contributed by atoms with Gasteiger partial charge in [0.05, 0.1) is 18.7 Å². The van der Waals surface area contributed by atoms with Crippen molar-refractivity contribution >= 4 is 34.5 Å². The summed E-state index contributed by atoms with van der Waals surface area (Å²) in [4.78, 5) is 52.8. The minimum Gasteiger partial charge on any atom is -0.445 e. The molecule has 3 aromatic rings. The van der Waals surface area contributed by atoms with Gasteiger partial charge in [0.25, 0.3) is 0 Å². The van der Waals surface area contributed by atoms with Gasteiger partial charge in [0.2, 0.25) is 11.8 Å². The van der Waals surface area contributed by atoms with Crippen LogP contribution in [0.1, 0.15) is 57.1 Å². The summed E-state index contributed by atoms with van der Waals surface area (Å²) in [6, 6.07) is 21.5. The summed E-state index contributed by atoms with van der Waals surface area (Å²) in [7, 11) is 0. The van der Waals surface area contributed by atoms with Crippen molar-refractivity contribution in [3.8, 4) is 0 Å². The Kier molecular flexibility index (Phi) is 12.5. The fourth-order valence-electron chi connectivity index (χ4n) is 5.98. The molecule has 3 amide bonds. The molecule has 1 aliphatic rings. The number of benzene rings is 3. The molecule has 0 radical (unpaired) electrons. The van der Waals surface area contributed by atoms with E-state index in [4.69, 9.17) is 4.74 Å². The van der Waals surface area contributed by atoms with Crippen molar-refractivity contribution in [1.82, 2.24) is 16.0 Å². The number of ketones is 1. The predicted molar refractivity (Wildman–Crippen MR) is 173 cm³/mol. The van der Waals surface area contributed by atoms with Gasteiger partial charge in [0.15, 0.2) is 5.78 Å². The number of rotatable bonds is 15. The first-order valence-corrected chi connectivity index (χ1v) is 15.9. The van der Waals surface area contributed by atoms with E-state index in [0.29, 0.717) is 25.8 Å². The number of carbonyl (C=O) groups excluding carboxylic acids is 4. The first-order valence-electron chi connectivity index (χ1n) is 15.9. The summed E-state index contributed by atoms with van der Waals surface area (Å²) in [5.41, 5.74) is 1.72. The van der Waals surface area contributed by atoms with Crippen LogP contribution in [0.25, 0.3) is 10.8 Å². The molecule has 1 unspecified atom stereocenters. The number of fused-ring (bicyclic) bond motifs is 1. The molecule has 1 heterocycles. The number of Topliss-reactive ketones (excluding diaryl/α,β-unsaturated/α-hetero) is 1. The number of aliphatic hydroxyl groups excluding tert-OH is 1. The van der Waals surface area contributed by atoms with Gasteiger partial charge in [-0.3, -0.25) is 14.4 Å². The van der Waals surface area contributed by atoms with Gasteiger partial charge >= 0.3 is 6.09 Å². The van der Waals surface area contributed by atoms with Crippen molar-refractivity contribution in [2.45, 2.75) is 71.1 Å². The number of amides is 3. The first kappa shape index (κ1) is 33.6. The molecule has 4 N–H and O–H groups in total. The lowest BCUT2D eigenvalue weighted by molar-refractivity contribution is -0.132. The van der Waals surface area contributed by atoms with Gasteiger partial charge in [-0.1, -0.05) is 86.6 Å². The fraction of sp³-hybridized carbons (Fsp3) is 0.444. The normalized spacial score (nSPS) is 16.8. The highest BCUT2D eigenvalue weighted by Gasteiger charge is 2.32. The lowest BCUT2D eigenvalue weighted by atomic mass is 9.87. The third kappa shape index (κ3) is 10.1. The second-order valence-electron chi connectivity index (χ2n) is 12.4. The molecule has 1 aliphatic heterocycles. The summed E-state index contributed by atoms with van der Waals surface area (Å²) in [6.07, 6.45) is 1.74. The van der Waals surface area contributed by atoms with E-state index in [0.717, 1.165) is 28.3 Å². The molecule has 3 aromatic carbocycles. The van der Waals surface area contributed by atoms with Gasteiger partial charge in [-0.25, -0.2) is 4.79 Å². The molecule has 45 heavy (non-hydrogen) atoms. The zero-order chi connectivity index (χ0) is 32.2. The maximum Gasteiger partial charge on any atom is 0.408 e. The smallest absolute Gasteiger partial charge is 0.408 e. The second-order valence-corrected chi connectivity index (χ2v) is 12.4. The fourth-order valence-corrected chi connectivity index (χ4v) is 5.98. The van der Waals surface area contributed by atoms with Gasteiger partial charge in [-0.05, 0) is 53.5 Å². The van der Waals surface area contributed by atoms with E-state index in [-0.39, 0.29) is 55.5 Å². The molecule has 4 rings (SSSR count). The van der Waals surface area contributed by atoms with E-state index in [2.05, 4.69) is 16.0 Å². The highest BCUT2D eigenvalue weighted by molar-refractivity contribution is 5.93.